The van der Waals surface area contributed by atoms with Crippen molar-refractivity contribution in [1.82, 2.24) is 0 Å². The standard InChI is InChI=1S/C40H77O9P/c1-3-5-7-9-11-13-15-16-17-18-19-20-21-22-23-25-27-29-31-33-46-36-39(37-48-50(44,45)47-35-38(42)34-41)49-40(43)32-30-28-26-24-14-12-10-8-6-4-2/h13,15,17-18,38-39,41-42H,3-12,14,16,19-37H2,1-2H3,(H,44,45)/b15-13-,18-17-. The first-order chi connectivity index (χ1) is 24.3. The van der Waals surface area contributed by atoms with E-state index >= 15 is 0 Å². The van der Waals surface area contributed by atoms with Crippen molar-refractivity contribution < 1.29 is 43.0 Å². The van der Waals surface area contributed by atoms with Crippen molar-refractivity contribution in [3.63, 3.8) is 0 Å². The Morgan fingerprint density at radius 3 is 1.62 bits per heavy atom. The number of hydrogen-bond acceptors (Lipinski definition) is 8. The van der Waals surface area contributed by atoms with E-state index in [1.165, 1.54) is 109 Å². The Balaban J connectivity index is 4.14. The zero-order valence-corrected chi connectivity index (χ0v) is 33.0. The first-order valence-corrected chi connectivity index (χ1v) is 21.8. The number of esters is 1. The van der Waals surface area contributed by atoms with Gasteiger partial charge in [-0.1, -0.05) is 154 Å². The van der Waals surface area contributed by atoms with E-state index in [0.29, 0.717) is 6.61 Å². The van der Waals surface area contributed by atoms with Crippen molar-refractivity contribution in [2.75, 3.05) is 33.0 Å². The topological polar surface area (TPSA) is 132 Å². The van der Waals surface area contributed by atoms with Gasteiger partial charge in [0, 0.05) is 13.0 Å². The lowest BCUT2D eigenvalue weighted by Crippen LogP contribution is -2.29. The summed E-state index contributed by atoms with van der Waals surface area (Å²) in [7, 11) is -4.51. The van der Waals surface area contributed by atoms with Gasteiger partial charge in [-0.25, -0.2) is 4.57 Å². The number of ether oxygens (including phenoxy) is 2. The number of carbonyl (C=O) groups excluding carboxylic acids is 1. The van der Waals surface area contributed by atoms with Crippen LogP contribution in [0, 0.1) is 0 Å². The molecule has 0 bridgehead atoms. The summed E-state index contributed by atoms with van der Waals surface area (Å²) in [6, 6.07) is 0. The van der Waals surface area contributed by atoms with Gasteiger partial charge in [-0.05, 0) is 44.9 Å². The minimum atomic E-state index is -4.51. The van der Waals surface area contributed by atoms with Crippen molar-refractivity contribution in [2.24, 2.45) is 0 Å². The number of allylic oxidation sites excluding steroid dienone is 4. The summed E-state index contributed by atoms with van der Waals surface area (Å²) in [5, 5.41) is 18.3. The fraction of sp³-hybridized carbons (Fsp3) is 0.875. The quantitative estimate of drug-likeness (QED) is 0.0244. The Bertz CT molecular complexity index is 836. The molecule has 0 aromatic heterocycles. The summed E-state index contributed by atoms with van der Waals surface area (Å²) in [4.78, 5) is 22.4. The summed E-state index contributed by atoms with van der Waals surface area (Å²) in [6.07, 6.45) is 37.1. The van der Waals surface area contributed by atoms with Crippen molar-refractivity contribution in [1.29, 1.82) is 0 Å². The van der Waals surface area contributed by atoms with Gasteiger partial charge in [0.2, 0.25) is 0 Å². The second-order valence-corrected chi connectivity index (χ2v) is 15.1. The smallest absolute Gasteiger partial charge is 0.457 e. The maximum absolute atomic E-state index is 12.5. The lowest BCUT2D eigenvalue weighted by atomic mass is 10.1. The van der Waals surface area contributed by atoms with Gasteiger partial charge < -0.3 is 24.6 Å². The summed E-state index contributed by atoms with van der Waals surface area (Å²) < 4.78 is 33.2. The Morgan fingerprint density at radius 1 is 0.620 bits per heavy atom. The zero-order valence-electron chi connectivity index (χ0n) is 32.1. The fourth-order valence-electron chi connectivity index (χ4n) is 5.50. The molecule has 0 fully saturated rings. The van der Waals surface area contributed by atoms with Gasteiger partial charge in [0.05, 0.1) is 26.4 Å². The van der Waals surface area contributed by atoms with Crippen LogP contribution in [0.15, 0.2) is 24.3 Å². The molecular formula is C40H77O9P. The van der Waals surface area contributed by atoms with Gasteiger partial charge in [0.15, 0.2) is 0 Å². The summed E-state index contributed by atoms with van der Waals surface area (Å²) >= 11 is 0. The van der Waals surface area contributed by atoms with Crippen molar-refractivity contribution in [3.05, 3.63) is 24.3 Å². The molecule has 0 aliphatic heterocycles. The molecule has 9 nitrogen and oxygen atoms in total. The van der Waals surface area contributed by atoms with Crippen LogP contribution in [0.25, 0.3) is 0 Å². The third kappa shape index (κ3) is 36.7. The normalized spacial score (nSPS) is 14.4. The molecule has 0 radical (unpaired) electrons. The highest BCUT2D eigenvalue weighted by atomic mass is 31.2. The molecule has 0 aliphatic rings. The average molecular weight is 733 g/mol. The molecule has 3 unspecified atom stereocenters. The van der Waals surface area contributed by atoms with Crippen LogP contribution in [0.1, 0.15) is 181 Å². The lowest BCUT2D eigenvalue weighted by Gasteiger charge is -2.20. The Kier molecular flexibility index (Phi) is 36.9. The first-order valence-electron chi connectivity index (χ1n) is 20.3. The molecule has 0 aliphatic carbocycles. The van der Waals surface area contributed by atoms with Gasteiger partial charge in [0.25, 0.3) is 0 Å². The van der Waals surface area contributed by atoms with E-state index < -0.39 is 33.2 Å². The molecule has 296 valence electrons. The fourth-order valence-corrected chi connectivity index (χ4v) is 6.29. The SMILES string of the molecule is CCCCCC/C=C\C/C=C\CCCCCCCCCCOCC(COP(=O)(O)OCC(O)CO)OC(=O)CCCCCCCCCCCC. The van der Waals surface area contributed by atoms with Gasteiger partial charge in [-0.15, -0.1) is 0 Å². The summed E-state index contributed by atoms with van der Waals surface area (Å²) in [5.41, 5.74) is 0. The molecule has 0 aromatic rings. The van der Waals surface area contributed by atoms with E-state index in [1.54, 1.807) is 0 Å². The largest absolute Gasteiger partial charge is 0.472 e. The summed E-state index contributed by atoms with van der Waals surface area (Å²) in [5.74, 6) is -0.386. The Hall–Kier alpha value is -1.06. The predicted molar refractivity (Wildman–Crippen MR) is 205 cm³/mol. The van der Waals surface area contributed by atoms with Crippen LogP contribution < -0.4 is 0 Å². The van der Waals surface area contributed by atoms with E-state index in [-0.39, 0.29) is 25.6 Å². The lowest BCUT2D eigenvalue weighted by molar-refractivity contribution is -0.154. The number of carbonyl (C=O) groups is 1. The highest BCUT2D eigenvalue weighted by Crippen LogP contribution is 2.43. The number of hydrogen-bond donors (Lipinski definition) is 3. The highest BCUT2D eigenvalue weighted by molar-refractivity contribution is 7.47. The second kappa shape index (κ2) is 37.7. The van der Waals surface area contributed by atoms with Crippen LogP contribution in [0.5, 0.6) is 0 Å². The van der Waals surface area contributed by atoms with Crippen LogP contribution in [0.4, 0.5) is 0 Å². The monoisotopic (exact) mass is 733 g/mol. The van der Waals surface area contributed by atoms with Gasteiger partial charge in [0.1, 0.15) is 12.2 Å². The first kappa shape index (κ1) is 48.9. The second-order valence-electron chi connectivity index (χ2n) is 13.7. The third-order valence-electron chi connectivity index (χ3n) is 8.64. The van der Waals surface area contributed by atoms with Crippen LogP contribution in [-0.2, 0) is 27.9 Å². The molecule has 0 saturated heterocycles. The number of unbranched alkanes of at least 4 members (excludes halogenated alkanes) is 21. The number of phosphoric acid groups is 1. The van der Waals surface area contributed by atoms with Gasteiger partial charge in [-0.3, -0.25) is 13.8 Å². The molecular weight excluding hydrogens is 655 g/mol. The molecule has 10 heteroatoms. The van der Waals surface area contributed by atoms with Gasteiger partial charge in [-0.2, -0.15) is 0 Å². The number of phosphoric ester groups is 1. The molecule has 0 saturated carbocycles. The van der Waals surface area contributed by atoms with E-state index in [9.17, 15) is 19.4 Å². The maximum Gasteiger partial charge on any atom is 0.472 e. The third-order valence-corrected chi connectivity index (χ3v) is 9.59. The molecule has 0 spiro atoms. The molecule has 0 heterocycles. The molecule has 0 rings (SSSR count). The zero-order chi connectivity index (χ0) is 36.8. The van der Waals surface area contributed by atoms with Crippen molar-refractivity contribution in [2.45, 2.75) is 193 Å². The van der Waals surface area contributed by atoms with E-state index in [0.717, 1.165) is 51.4 Å². The van der Waals surface area contributed by atoms with Gasteiger partial charge >= 0.3 is 13.8 Å². The van der Waals surface area contributed by atoms with Crippen LogP contribution in [-0.4, -0.2) is 66.3 Å². The highest BCUT2D eigenvalue weighted by Gasteiger charge is 2.26. The molecule has 50 heavy (non-hydrogen) atoms. The predicted octanol–water partition coefficient (Wildman–Crippen LogP) is 10.7. The minimum absolute atomic E-state index is 0.0484. The minimum Gasteiger partial charge on any atom is -0.457 e. The summed E-state index contributed by atoms with van der Waals surface area (Å²) in [6.45, 7) is 3.48. The van der Waals surface area contributed by atoms with E-state index in [2.05, 4.69) is 38.2 Å². The number of aliphatic hydroxyl groups excluding tert-OH is 2. The number of aliphatic hydroxyl groups is 2. The molecule has 3 atom stereocenters. The van der Waals surface area contributed by atoms with E-state index in [1.807, 2.05) is 0 Å². The number of rotatable bonds is 39. The van der Waals surface area contributed by atoms with E-state index in [4.69, 9.17) is 23.6 Å². The molecule has 0 aromatic carbocycles. The average Bonchev–Trinajstić information content (AvgIpc) is 3.10. The Morgan fingerprint density at radius 2 is 1.08 bits per heavy atom. The van der Waals surface area contributed by atoms with Crippen LogP contribution >= 0.6 is 7.82 Å². The molecule has 0 amide bonds. The maximum atomic E-state index is 12.5. The van der Waals surface area contributed by atoms with Crippen molar-refractivity contribution >= 4 is 13.8 Å². The molecule has 3 N–H and O–H groups in total. The Labute approximate surface area is 306 Å². The van der Waals surface area contributed by atoms with Crippen LogP contribution in [0.3, 0.4) is 0 Å². The van der Waals surface area contributed by atoms with Crippen molar-refractivity contribution in [3.8, 4) is 0 Å². The van der Waals surface area contributed by atoms with Crippen LogP contribution in [0.2, 0.25) is 0 Å².